The fourth-order valence-corrected chi connectivity index (χ4v) is 3.57. The van der Waals surface area contributed by atoms with Crippen molar-refractivity contribution in [1.29, 1.82) is 0 Å². The van der Waals surface area contributed by atoms with Gasteiger partial charge in [-0.3, -0.25) is 4.99 Å². The van der Waals surface area contributed by atoms with Crippen molar-refractivity contribution in [3.63, 3.8) is 0 Å². The van der Waals surface area contributed by atoms with Crippen LogP contribution in [0, 0.1) is 11.3 Å². The standard InChI is InChI=1S/C17H33N3O2.HI/c1-5-22-15(14(2)3)6-9-19-16(18-4)20-10-7-17(12-20)8-11-21-13-17;/h14-15H,5-13H2,1-4H3,(H,18,19);1H. The number of nitrogens with one attached hydrogen (secondary N) is 1. The first-order chi connectivity index (χ1) is 10.6. The molecular formula is C17H34IN3O2. The zero-order valence-electron chi connectivity index (χ0n) is 15.1. The minimum Gasteiger partial charge on any atom is -0.381 e. The second-order valence-corrected chi connectivity index (χ2v) is 6.97. The van der Waals surface area contributed by atoms with Gasteiger partial charge in [0.05, 0.1) is 12.7 Å². The molecule has 23 heavy (non-hydrogen) atoms. The molecule has 5 nitrogen and oxygen atoms in total. The smallest absolute Gasteiger partial charge is 0.193 e. The fraction of sp³-hybridized carbons (Fsp3) is 0.941. The normalized spacial score (nSPS) is 26.0. The van der Waals surface area contributed by atoms with E-state index >= 15 is 0 Å². The van der Waals surface area contributed by atoms with Gasteiger partial charge in [0.25, 0.3) is 0 Å². The number of halogens is 1. The Bertz CT molecular complexity index is 371. The molecule has 136 valence electrons. The molecule has 2 heterocycles. The molecule has 2 fully saturated rings. The van der Waals surface area contributed by atoms with Gasteiger partial charge >= 0.3 is 0 Å². The van der Waals surface area contributed by atoms with Gasteiger partial charge in [0, 0.05) is 45.3 Å². The monoisotopic (exact) mass is 439 g/mol. The van der Waals surface area contributed by atoms with Crippen LogP contribution < -0.4 is 5.32 Å². The number of hydrogen-bond donors (Lipinski definition) is 1. The van der Waals surface area contributed by atoms with Crippen LogP contribution in [0.4, 0.5) is 0 Å². The van der Waals surface area contributed by atoms with Gasteiger partial charge in [0.15, 0.2) is 5.96 Å². The Hall–Kier alpha value is -0.0800. The highest BCUT2D eigenvalue weighted by molar-refractivity contribution is 14.0. The van der Waals surface area contributed by atoms with Crippen LogP contribution in [0.15, 0.2) is 4.99 Å². The molecule has 6 heteroatoms. The maximum absolute atomic E-state index is 5.81. The summed E-state index contributed by atoms with van der Waals surface area (Å²) >= 11 is 0. The number of rotatable bonds is 6. The average molecular weight is 439 g/mol. The summed E-state index contributed by atoms with van der Waals surface area (Å²) in [5, 5.41) is 3.52. The van der Waals surface area contributed by atoms with E-state index in [-0.39, 0.29) is 24.0 Å². The van der Waals surface area contributed by atoms with Crippen molar-refractivity contribution in [2.24, 2.45) is 16.3 Å². The summed E-state index contributed by atoms with van der Waals surface area (Å²) in [5.74, 6) is 1.58. The van der Waals surface area contributed by atoms with E-state index in [1.165, 1.54) is 12.8 Å². The predicted octanol–water partition coefficient (Wildman–Crippen LogP) is 2.74. The minimum absolute atomic E-state index is 0. The second kappa shape index (κ2) is 10.0. The van der Waals surface area contributed by atoms with Gasteiger partial charge in [-0.25, -0.2) is 0 Å². The van der Waals surface area contributed by atoms with Gasteiger partial charge in [-0.1, -0.05) is 13.8 Å². The molecule has 0 saturated carbocycles. The zero-order valence-corrected chi connectivity index (χ0v) is 17.5. The van der Waals surface area contributed by atoms with Gasteiger partial charge in [-0.15, -0.1) is 24.0 Å². The van der Waals surface area contributed by atoms with Crippen LogP contribution in [0.5, 0.6) is 0 Å². The lowest BCUT2D eigenvalue weighted by Crippen LogP contribution is -2.42. The number of likely N-dealkylation sites (tertiary alicyclic amines) is 1. The van der Waals surface area contributed by atoms with Crippen molar-refractivity contribution < 1.29 is 9.47 Å². The molecule has 2 aliphatic rings. The lowest BCUT2D eigenvalue weighted by atomic mass is 9.87. The lowest BCUT2D eigenvalue weighted by molar-refractivity contribution is 0.0257. The third-order valence-corrected chi connectivity index (χ3v) is 4.97. The molecule has 0 aliphatic carbocycles. The van der Waals surface area contributed by atoms with Gasteiger partial charge in [-0.2, -0.15) is 0 Å². The van der Waals surface area contributed by atoms with Crippen LogP contribution in [-0.2, 0) is 9.47 Å². The summed E-state index contributed by atoms with van der Waals surface area (Å²) in [6.07, 6.45) is 3.76. The highest BCUT2D eigenvalue weighted by atomic mass is 127. The van der Waals surface area contributed by atoms with Crippen molar-refractivity contribution in [3.8, 4) is 0 Å². The number of aliphatic imine (C=N–C) groups is 1. The fourth-order valence-electron chi connectivity index (χ4n) is 3.57. The van der Waals surface area contributed by atoms with E-state index in [2.05, 4.69) is 36.0 Å². The summed E-state index contributed by atoms with van der Waals surface area (Å²) in [5.41, 5.74) is 0.378. The van der Waals surface area contributed by atoms with E-state index in [1.807, 2.05) is 7.05 Å². The summed E-state index contributed by atoms with van der Waals surface area (Å²) in [6.45, 7) is 12.2. The third-order valence-electron chi connectivity index (χ3n) is 4.97. The van der Waals surface area contributed by atoms with Crippen molar-refractivity contribution >= 4 is 29.9 Å². The summed E-state index contributed by atoms with van der Waals surface area (Å²) in [4.78, 5) is 6.85. The van der Waals surface area contributed by atoms with Crippen molar-refractivity contribution in [2.45, 2.75) is 46.1 Å². The largest absolute Gasteiger partial charge is 0.381 e. The van der Waals surface area contributed by atoms with E-state index in [0.717, 1.165) is 51.8 Å². The molecular weight excluding hydrogens is 405 g/mol. The second-order valence-electron chi connectivity index (χ2n) is 6.97. The van der Waals surface area contributed by atoms with Gasteiger partial charge in [0.1, 0.15) is 0 Å². The number of ether oxygens (including phenoxy) is 2. The number of guanidine groups is 1. The van der Waals surface area contributed by atoms with E-state index in [0.29, 0.717) is 17.4 Å². The SMILES string of the molecule is CCOC(CCNC(=NC)N1CCC2(CCOC2)C1)C(C)C.I. The zero-order chi connectivity index (χ0) is 16.0. The average Bonchev–Trinajstić information content (AvgIpc) is 3.13. The first kappa shape index (κ1) is 21.0. The lowest BCUT2D eigenvalue weighted by Gasteiger charge is -2.26. The molecule has 0 aromatic rings. The molecule has 0 aromatic heterocycles. The molecule has 2 rings (SSSR count). The Labute approximate surface area is 158 Å². The molecule has 2 saturated heterocycles. The van der Waals surface area contributed by atoms with Crippen LogP contribution in [0.1, 0.15) is 40.0 Å². The predicted molar refractivity (Wildman–Crippen MR) is 106 cm³/mol. The highest BCUT2D eigenvalue weighted by Gasteiger charge is 2.42. The van der Waals surface area contributed by atoms with E-state index < -0.39 is 0 Å². The Balaban J connectivity index is 0.00000264. The molecule has 0 aromatic carbocycles. The first-order valence-electron chi connectivity index (χ1n) is 8.75. The molecule has 1 N–H and O–H groups in total. The van der Waals surface area contributed by atoms with E-state index in [4.69, 9.17) is 9.47 Å². The molecule has 2 atom stereocenters. The molecule has 0 amide bonds. The molecule has 2 aliphatic heterocycles. The van der Waals surface area contributed by atoms with Gasteiger partial charge in [-0.05, 0) is 32.1 Å². The summed E-state index contributed by atoms with van der Waals surface area (Å²) in [6, 6.07) is 0. The van der Waals surface area contributed by atoms with Crippen LogP contribution in [0.25, 0.3) is 0 Å². The third kappa shape index (κ3) is 5.74. The Morgan fingerprint density at radius 2 is 2.17 bits per heavy atom. The quantitative estimate of drug-likeness (QED) is 0.393. The Morgan fingerprint density at radius 3 is 2.74 bits per heavy atom. The Kier molecular flexibility index (Phi) is 9.15. The summed E-state index contributed by atoms with van der Waals surface area (Å²) < 4.78 is 11.4. The highest BCUT2D eigenvalue weighted by Crippen LogP contribution is 2.38. The van der Waals surface area contributed by atoms with E-state index in [9.17, 15) is 0 Å². The van der Waals surface area contributed by atoms with Crippen molar-refractivity contribution in [3.05, 3.63) is 0 Å². The van der Waals surface area contributed by atoms with Crippen LogP contribution >= 0.6 is 24.0 Å². The van der Waals surface area contributed by atoms with Crippen LogP contribution in [0.3, 0.4) is 0 Å². The molecule has 0 bridgehead atoms. The maximum Gasteiger partial charge on any atom is 0.193 e. The van der Waals surface area contributed by atoms with Crippen molar-refractivity contribution in [2.75, 3.05) is 46.5 Å². The topological polar surface area (TPSA) is 46.1 Å². The number of nitrogens with zero attached hydrogens (tertiary/aromatic N) is 2. The minimum atomic E-state index is 0. The van der Waals surface area contributed by atoms with Crippen LogP contribution in [-0.4, -0.2) is 63.5 Å². The Morgan fingerprint density at radius 1 is 1.39 bits per heavy atom. The van der Waals surface area contributed by atoms with Crippen LogP contribution in [0.2, 0.25) is 0 Å². The first-order valence-corrected chi connectivity index (χ1v) is 8.75. The summed E-state index contributed by atoms with van der Waals surface area (Å²) in [7, 11) is 1.88. The molecule has 1 spiro atoms. The molecule has 0 radical (unpaired) electrons. The van der Waals surface area contributed by atoms with Gasteiger partial charge < -0.3 is 19.7 Å². The molecule has 2 unspecified atom stereocenters. The van der Waals surface area contributed by atoms with Crippen molar-refractivity contribution in [1.82, 2.24) is 10.2 Å². The van der Waals surface area contributed by atoms with Gasteiger partial charge in [0.2, 0.25) is 0 Å². The number of hydrogen-bond acceptors (Lipinski definition) is 3. The maximum atomic E-state index is 5.81. The van der Waals surface area contributed by atoms with E-state index in [1.54, 1.807) is 0 Å².